The molecular formula is C23H14BrClN2O3. The fourth-order valence-electron chi connectivity index (χ4n) is 3.84. The van der Waals surface area contributed by atoms with Gasteiger partial charge in [0.1, 0.15) is 11.4 Å². The van der Waals surface area contributed by atoms with Gasteiger partial charge in [-0.05, 0) is 55.0 Å². The highest BCUT2D eigenvalue weighted by molar-refractivity contribution is 9.10. The number of rotatable bonds is 2. The van der Waals surface area contributed by atoms with Crippen molar-refractivity contribution in [3.63, 3.8) is 0 Å². The van der Waals surface area contributed by atoms with E-state index >= 15 is 0 Å². The van der Waals surface area contributed by atoms with Crippen molar-refractivity contribution in [1.82, 2.24) is 4.98 Å². The summed E-state index contributed by atoms with van der Waals surface area (Å²) in [7, 11) is 0. The van der Waals surface area contributed by atoms with Gasteiger partial charge in [0, 0.05) is 15.2 Å². The highest BCUT2D eigenvalue weighted by atomic mass is 79.9. The number of carbonyl (C=O) groups is 1. The number of aromatic nitrogens is 1. The van der Waals surface area contributed by atoms with E-state index in [0.29, 0.717) is 21.8 Å². The van der Waals surface area contributed by atoms with E-state index < -0.39 is 11.9 Å². The van der Waals surface area contributed by atoms with E-state index in [4.69, 9.17) is 16.0 Å². The fraction of sp³-hybridized carbons (Fsp3) is 0.0870. The highest BCUT2D eigenvalue weighted by Crippen LogP contribution is 2.41. The monoisotopic (exact) mass is 480 g/mol. The van der Waals surface area contributed by atoms with Gasteiger partial charge in [-0.1, -0.05) is 45.7 Å². The van der Waals surface area contributed by atoms with Crippen LogP contribution in [-0.4, -0.2) is 10.9 Å². The SMILES string of the molecule is Cc1cccc(N2C(=O)c3oc4ccc(Cl)cc4c(=O)c3C2c2cccc(Br)c2)n1. The molecule has 1 aliphatic heterocycles. The number of pyridine rings is 1. The van der Waals surface area contributed by atoms with Gasteiger partial charge in [0.15, 0.2) is 5.43 Å². The van der Waals surface area contributed by atoms with Gasteiger partial charge >= 0.3 is 0 Å². The zero-order valence-electron chi connectivity index (χ0n) is 15.7. The number of benzene rings is 2. The maximum Gasteiger partial charge on any atom is 0.296 e. The molecule has 1 aliphatic rings. The Kier molecular flexibility index (Phi) is 4.49. The molecule has 5 nitrogen and oxygen atoms in total. The molecule has 0 fully saturated rings. The van der Waals surface area contributed by atoms with Crippen LogP contribution in [0.1, 0.15) is 33.4 Å². The summed E-state index contributed by atoms with van der Waals surface area (Å²) in [5.74, 6) is 0.0861. The van der Waals surface area contributed by atoms with Crippen LogP contribution in [0.5, 0.6) is 0 Å². The lowest BCUT2D eigenvalue weighted by molar-refractivity contribution is 0.0970. The van der Waals surface area contributed by atoms with Crippen LogP contribution in [0.2, 0.25) is 5.02 Å². The minimum atomic E-state index is -0.668. The zero-order chi connectivity index (χ0) is 21.0. The van der Waals surface area contributed by atoms with Gasteiger partial charge in [-0.15, -0.1) is 0 Å². The Morgan fingerprint density at radius 2 is 1.87 bits per heavy atom. The molecule has 4 aromatic rings. The number of hydrogen-bond acceptors (Lipinski definition) is 4. The lowest BCUT2D eigenvalue weighted by Gasteiger charge is -2.24. The molecule has 0 spiro atoms. The Morgan fingerprint density at radius 3 is 2.63 bits per heavy atom. The first-order valence-electron chi connectivity index (χ1n) is 9.23. The van der Waals surface area contributed by atoms with Gasteiger partial charge in [0.25, 0.3) is 5.91 Å². The number of amides is 1. The molecule has 0 aliphatic carbocycles. The number of halogens is 2. The number of nitrogens with zero attached hydrogens (tertiary/aromatic N) is 2. The third kappa shape index (κ3) is 2.95. The van der Waals surface area contributed by atoms with E-state index in [-0.39, 0.29) is 16.8 Å². The Balaban J connectivity index is 1.84. The summed E-state index contributed by atoms with van der Waals surface area (Å²) < 4.78 is 6.77. The average molecular weight is 482 g/mol. The summed E-state index contributed by atoms with van der Waals surface area (Å²) in [5, 5.41) is 0.767. The Morgan fingerprint density at radius 1 is 1.07 bits per heavy atom. The Hall–Kier alpha value is -2.96. The zero-order valence-corrected chi connectivity index (χ0v) is 18.1. The van der Waals surface area contributed by atoms with Gasteiger partial charge in [0.2, 0.25) is 5.76 Å². The Labute approximate surface area is 185 Å². The van der Waals surface area contributed by atoms with Crippen molar-refractivity contribution in [3.8, 4) is 0 Å². The number of aryl methyl sites for hydroxylation is 1. The molecule has 5 rings (SSSR count). The van der Waals surface area contributed by atoms with Crippen molar-refractivity contribution in [3.05, 3.63) is 103 Å². The van der Waals surface area contributed by atoms with Crippen molar-refractivity contribution in [2.75, 3.05) is 4.90 Å². The third-order valence-electron chi connectivity index (χ3n) is 5.12. The number of hydrogen-bond donors (Lipinski definition) is 0. The van der Waals surface area contributed by atoms with Crippen LogP contribution in [0.4, 0.5) is 5.82 Å². The van der Waals surface area contributed by atoms with Crippen LogP contribution in [0.3, 0.4) is 0 Å². The average Bonchev–Trinajstić information content (AvgIpc) is 3.01. The van der Waals surface area contributed by atoms with Crippen LogP contribution in [0.15, 0.2) is 74.3 Å². The molecule has 148 valence electrons. The lowest BCUT2D eigenvalue weighted by atomic mass is 9.98. The third-order valence-corrected chi connectivity index (χ3v) is 5.85. The van der Waals surface area contributed by atoms with Crippen LogP contribution < -0.4 is 10.3 Å². The molecule has 7 heteroatoms. The summed E-state index contributed by atoms with van der Waals surface area (Å²) in [4.78, 5) is 33.0. The molecular weight excluding hydrogens is 468 g/mol. The maximum absolute atomic E-state index is 13.5. The van der Waals surface area contributed by atoms with Crippen LogP contribution in [0.25, 0.3) is 11.0 Å². The second-order valence-electron chi connectivity index (χ2n) is 7.08. The maximum atomic E-state index is 13.5. The quantitative estimate of drug-likeness (QED) is 0.370. The van der Waals surface area contributed by atoms with E-state index in [1.54, 1.807) is 24.3 Å². The first kappa shape index (κ1) is 19.0. The highest BCUT2D eigenvalue weighted by Gasteiger charge is 2.44. The lowest BCUT2D eigenvalue weighted by Crippen LogP contribution is -2.30. The topological polar surface area (TPSA) is 63.4 Å². The van der Waals surface area contributed by atoms with Gasteiger partial charge in [-0.3, -0.25) is 14.5 Å². The van der Waals surface area contributed by atoms with Crippen molar-refractivity contribution < 1.29 is 9.21 Å². The van der Waals surface area contributed by atoms with E-state index in [9.17, 15) is 9.59 Å². The second-order valence-corrected chi connectivity index (χ2v) is 8.44. The molecule has 2 aromatic carbocycles. The summed E-state index contributed by atoms with van der Waals surface area (Å²) in [6.45, 7) is 1.85. The minimum Gasteiger partial charge on any atom is -0.450 e. The summed E-state index contributed by atoms with van der Waals surface area (Å²) in [6, 6.07) is 17.1. The van der Waals surface area contributed by atoms with Crippen LogP contribution >= 0.6 is 27.5 Å². The van der Waals surface area contributed by atoms with E-state index in [0.717, 1.165) is 15.7 Å². The summed E-state index contributed by atoms with van der Waals surface area (Å²) in [6.07, 6.45) is 0. The van der Waals surface area contributed by atoms with Crippen molar-refractivity contribution in [2.45, 2.75) is 13.0 Å². The van der Waals surface area contributed by atoms with E-state index in [1.165, 1.54) is 4.90 Å². The molecule has 0 radical (unpaired) electrons. The predicted octanol–water partition coefficient (Wildman–Crippen LogP) is 5.66. The van der Waals surface area contributed by atoms with Crippen LogP contribution in [0, 0.1) is 6.92 Å². The Bertz CT molecular complexity index is 1400. The first-order chi connectivity index (χ1) is 14.4. The molecule has 2 aromatic heterocycles. The molecule has 0 N–H and O–H groups in total. The van der Waals surface area contributed by atoms with Gasteiger partial charge in [-0.25, -0.2) is 4.98 Å². The van der Waals surface area contributed by atoms with Gasteiger partial charge in [0.05, 0.1) is 17.0 Å². The molecule has 1 amide bonds. The number of carbonyl (C=O) groups excluding carboxylic acids is 1. The first-order valence-corrected chi connectivity index (χ1v) is 10.4. The summed E-state index contributed by atoms with van der Waals surface area (Å²) >= 11 is 9.59. The largest absolute Gasteiger partial charge is 0.450 e. The van der Waals surface area contributed by atoms with Crippen LogP contribution in [-0.2, 0) is 0 Å². The normalized spacial score (nSPS) is 15.6. The molecule has 0 bridgehead atoms. The van der Waals surface area contributed by atoms with E-state index in [2.05, 4.69) is 20.9 Å². The smallest absolute Gasteiger partial charge is 0.296 e. The molecule has 30 heavy (non-hydrogen) atoms. The molecule has 0 saturated heterocycles. The van der Waals surface area contributed by atoms with Gasteiger partial charge in [-0.2, -0.15) is 0 Å². The second kappa shape index (κ2) is 7.07. The summed E-state index contributed by atoms with van der Waals surface area (Å²) in [5.41, 5.74) is 1.87. The van der Waals surface area contributed by atoms with Crippen molar-refractivity contribution in [2.24, 2.45) is 0 Å². The fourth-order valence-corrected chi connectivity index (χ4v) is 4.43. The van der Waals surface area contributed by atoms with E-state index in [1.807, 2.05) is 43.3 Å². The van der Waals surface area contributed by atoms with Gasteiger partial charge < -0.3 is 4.42 Å². The molecule has 3 heterocycles. The predicted molar refractivity (Wildman–Crippen MR) is 119 cm³/mol. The van der Waals surface area contributed by atoms with Crippen molar-refractivity contribution >= 4 is 50.2 Å². The molecule has 1 atom stereocenters. The standard InChI is InChI=1S/C23H14BrClN2O3/c1-12-4-2-7-18(26-12)27-20(13-5-3-6-14(24)10-13)19-21(28)16-11-15(25)8-9-17(16)30-22(19)23(27)29/h2-11,20H,1H3. The van der Waals surface area contributed by atoms with Crippen molar-refractivity contribution in [1.29, 1.82) is 0 Å². The number of fused-ring (bicyclic) bond motifs is 2. The minimum absolute atomic E-state index is 0.0307. The number of anilines is 1. The molecule has 0 saturated carbocycles. The molecule has 1 unspecified atom stereocenters.